The molecule has 0 aromatic rings. The molecule has 10 heavy (non-hydrogen) atoms. The van der Waals surface area contributed by atoms with Gasteiger partial charge in [-0.15, -0.1) is 0 Å². The van der Waals surface area contributed by atoms with Crippen LogP contribution < -0.4 is 0 Å². The fraction of sp³-hybridized carbons (Fsp3) is 0.429. The number of ether oxygens (including phenoxy) is 1. The summed E-state index contributed by atoms with van der Waals surface area (Å²) in [5.41, 5.74) is 0.831. The minimum atomic E-state index is -0.301. The molecule has 0 fully saturated rings. The highest BCUT2D eigenvalue weighted by atomic mass is 16.5. The maximum atomic E-state index is 10.7. The van der Waals surface area contributed by atoms with E-state index >= 15 is 0 Å². The minimum absolute atomic E-state index is 0.0318. The summed E-state index contributed by atoms with van der Waals surface area (Å²) in [7, 11) is 0. The summed E-state index contributed by atoms with van der Waals surface area (Å²) < 4.78 is 4.62. The molecule has 0 aliphatic heterocycles. The third-order valence-electron chi connectivity index (χ3n) is 1.50. The van der Waals surface area contributed by atoms with Crippen LogP contribution in [0.25, 0.3) is 0 Å². The van der Waals surface area contributed by atoms with Crippen LogP contribution in [-0.2, 0) is 14.3 Å². The first-order chi connectivity index (χ1) is 4.74. The van der Waals surface area contributed by atoms with Crippen molar-refractivity contribution in [1.29, 1.82) is 0 Å². The van der Waals surface area contributed by atoms with Crippen molar-refractivity contribution in [3.8, 4) is 0 Å². The van der Waals surface area contributed by atoms with Crippen molar-refractivity contribution in [2.45, 2.75) is 19.4 Å². The maximum absolute atomic E-state index is 10.7. The van der Waals surface area contributed by atoms with Crippen LogP contribution >= 0.6 is 0 Å². The average molecular weight is 140 g/mol. The number of carbonyl (C=O) groups excluding carboxylic acids is 2. The lowest BCUT2D eigenvalue weighted by atomic mass is 10.2. The second-order valence-electron chi connectivity index (χ2n) is 2.28. The Balaban J connectivity index is 2.59. The predicted molar refractivity (Wildman–Crippen MR) is 34.3 cm³/mol. The van der Waals surface area contributed by atoms with E-state index in [0.717, 1.165) is 5.57 Å². The van der Waals surface area contributed by atoms with Gasteiger partial charge in [0.15, 0.2) is 5.78 Å². The van der Waals surface area contributed by atoms with E-state index in [4.69, 9.17) is 0 Å². The van der Waals surface area contributed by atoms with Gasteiger partial charge in [0.1, 0.15) is 6.10 Å². The van der Waals surface area contributed by atoms with E-state index in [1.54, 1.807) is 6.92 Å². The second kappa shape index (κ2) is 2.64. The lowest BCUT2D eigenvalue weighted by Crippen LogP contribution is -2.10. The van der Waals surface area contributed by atoms with Crippen LogP contribution in [0.2, 0.25) is 0 Å². The Labute approximate surface area is 58.7 Å². The van der Waals surface area contributed by atoms with E-state index in [1.165, 1.54) is 6.08 Å². The van der Waals surface area contributed by atoms with Crippen LogP contribution in [0.3, 0.4) is 0 Å². The van der Waals surface area contributed by atoms with E-state index in [2.05, 4.69) is 4.74 Å². The topological polar surface area (TPSA) is 43.4 Å². The largest absolute Gasteiger partial charge is 0.460 e. The van der Waals surface area contributed by atoms with Gasteiger partial charge in [-0.25, -0.2) is 0 Å². The normalized spacial score (nSPS) is 24.3. The SMILES string of the molecule is CC1=CC(=O)C[C@@H]1OC=O. The Bertz CT molecular complexity index is 193. The van der Waals surface area contributed by atoms with E-state index in [0.29, 0.717) is 12.9 Å². The summed E-state index contributed by atoms with van der Waals surface area (Å²) in [5, 5.41) is 0. The van der Waals surface area contributed by atoms with Crippen LogP contribution in [0.1, 0.15) is 13.3 Å². The zero-order valence-corrected chi connectivity index (χ0v) is 5.66. The van der Waals surface area contributed by atoms with Gasteiger partial charge >= 0.3 is 0 Å². The Morgan fingerprint density at radius 1 is 1.80 bits per heavy atom. The molecule has 0 spiro atoms. The maximum Gasteiger partial charge on any atom is 0.293 e. The molecular formula is C7H8O3. The van der Waals surface area contributed by atoms with E-state index in [9.17, 15) is 9.59 Å². The molecule has 1 aliphatic carbocycles. The molecule has 0 radical (unpaired) electrons. The van der Waals surface area contributed by atoms with Crippen molar-refractivity contribution in [3.05, 3.63) is 11.6 Å². The molecule has 0 N–H and O–H groups in total. The van der Waals surface area contributed by atoms with Crippen molar-refractivity contribution in [2.75, 3.05) is 0 Å². The summed E-state index contributed by atoms with van der Waals surface area (Å²) >= 11 is 0. The third kappa shape index (κ3) is 1.23. The zero-order valence-electron chi connectivity index (χ0n) is 5.66. The molecule has 0 aromatic heterocycles. The molecular weight excluding hydrogens is 132 g/mol. The quantitative estimate of drug-likeness (QED) is 0.523. The summed E-state index contributed by atoms with van der Waals surface area (Å²) in [6.07, 6.45) is 1.52. The fourth-order valence-electron chi connectivity index (χ4n) is 0.972. The van der Waals surface area contributed by atoms with Crippen molar-refractivity contribution >= 4 is 12.3 Å². The van der Waals surface area contributed by atoms with Crippen molar-refractivity contribution in [2.24, 2.45) is 0 Å². The number of hydrogen-bond acceptors (Lipinski definition) is 3. The van der Waals surface area contributed by atoms with Crippen LogP contribution in [0.15, 0.2) is 11.6 Å². The van der Waals surface area contributed by atoms with Crippen LogP contribution in [-0.4, -0.2) is 18.4 Å². The van der Waals surface area contributed by atoms with Crippen LogP contribution in [0.5, 0.6) is 0 Å². The minimum Gasteiger partial charge on any atom is -0.460 e. The summed E-state index contributed by atoms with van der Waals surface area (Å²) in [6, 6.07) is 0. The molecule has 0 unspecified atom stereocenters. The molecule has 0 bridgehead atoms. The molecule has 0 aromatic carbocycles. The highest BCUT2D eigenvalue weighted by Crippen LogP contribution is 2.17. The first kappa shape index (κ1) is 6.99. The van der Waals surface area contributed by atoms with Gasteiger partial charge in [-0.1, -0.05) is 0 Å². The molecule has 0 saturated carbocycles. The summed E-state index contributed by atoms with van der Waals surface area (Å²) in [4.78, 5) is 20.5. The van der Waals surface area contributed by atoms with E-state index < -0.39 is 0 Å². The molecule has 54 valence electrons. The number of carbonyl (C=O) groups is 2. The van der Waals surface area contributed by atoms with Gasteiger partial charge < -0.3 is 4.74 Å². The lowest BCUT2D eigenvalue weighted by molar-refractivity contribution is -0.132. The van der Waals surface area contributed by atoms with Crippen molar-refractivity contribution in [1.82, 2.24) is 0 Å². The number of hydrogen-bond donors (Lipinski definition) is 0. The van der Waals surface area contributed by atoms with Gasteiger partial charge in [-0.3, -0.25) is 9.59 Å². The van der Waals surface area contributed by atoms with Gasteiger partial charge in [0.2, 0.25) is 0 Å². The first-order valence-electron chi connectivity index (χ1n) is 3.04. The average Bonchev–Trinajstić information content (AvgIpc) is 2.13. The van der Waals surface area contributed by atoms with E-state index in [1.807, 2.05) is 0 Å². The summed E-state index contributed by atoms with van der Waals surface area (Å²) in [6.45, 7) is 2.15. The van der Waals surface area contributed by atoms with Gasteiger partial charge in [0, 0.05) is 0 Å². The van der Waals surface area contributed by atoms with Gasteiger partial charge in [-0.05, 0) is 18.6 Å². The van der Waals surface area contributed by atoms with Crippen molar-refractivity contribution < 1.29 is 14.3 Å². The number of rotatable bonds is 2. The monoisotopic (exact) mass is 140 g/mol. The summed E-state index contributed by atoms with van der Waals surface area (Å²) in [5.74, 6) is 0.0318. The van der Waals surface area contributed by atoms with Crippen LogP contribution in [0.4, 0.5) is 0 Å². The standard InChI is InChI=1S/C7H8O3/c1-5-2-6(9)3-7(5)10-4-8/h2,4,7H,3H2,1H3/t7-/m0/s1. The zero-order chi connectivity index (χ0) is 7.56. The van der Waals surface area contributed by atoms with Gasteiger partial charge in [-0.2, -0.15) is 0 Å². The lowest BCUT2D eigenvalue weighted by Gasteiger charge is -2.06. The molecule has 0 heterocycles. The van der Waals surface area contributed by atoms with Gasteiger partial charge in [0.05, 0.1) is 6.42 Å². The predicted octanol–water partition coefficient (Wildman–Crippen LogP) is 0.447. The molecule has 3 nitrogen and oxygen atoms in total. The number of allylic oxidation sites excluding steroid dienone is 1. The first-order valence-corrected chi connectivity index (χ1v) is 3.04. The molecule has 1 aliphatic rings. The van der Waals surface area contributed by atoms with Gasteiger partial charge in [0.25, 0.3) is 6.47 Å². The molecule has 0 amide bonds. The molecule has 1 atom stereocenters. The molecule has 0 saturated heterocycles. The smallest absolute Gasteiger partial charge is 0.293 e. The Morgan fingerprint density at radius 2 is 2.50 bits per heavy atom. The van der Waals surface area contributed by atoms with Crippen molar-refractivity contribution in [3.63, 3.8) is 0 Å². The third-order valence-corrected chi connectivity index (χ3v) is 1.50. The highest BCUT2D eigenvalue weighted by Gasteiger charge is 2.22. The highest BCUT2D eigenvalue weighted by molar-refractivity contribution is 5.94. The fourth-order valence-corrected chi connectivity index (χ4v) is 0.972. The molecule has 1 rings (SSSR count). The van der Waals surface area contributed by atoms with Crippen LogP contribution in [0, 0.1) is 0 Å². The Kier molecular flexibility index (Phi) is 1.85. The Morgan fingerprint density at radius 3 is 2.90 bits per heavy atom. The molecule has 3 heteroatoms. The number of ketones is 1. The Hall–Kier alpha value is -1.12. The van der Waals surface area contributed by atoms with E-state index in [-0.39, 0.29) is 11.9 Å². The second-order valence-corrected chi connectivity index (χ2v) is 2.28.